The van der Waals surface area contributed by atoms with E-state index in [1.807, 2.05) is 24.5 Å². The number of nitrogens with one attached hydrogen (secondary N) is 2. The smallest absolute Gasteiger partial charge is 0.251 e. The molecule has 1 fully saturated rings. The molecule has 7 heteroatoms. The summed E-state index contributed by atoms with van der Waals surface area (Å²) in [4.78, 5) is 38.9. The molecule has 2 aromatic rings. The van der Waals surface area contributed by atoms with Crippen LogP contribution in [0, 0.1) is 0 Å². The van der Waals surface area contributed by atoms with Gasteiger partial charge in [-0.2, -0.15) is 11.8 Å². The quantitative estimate of drug-likeness (QED) is 0.699. The molecule has 1 aliphatic heterocycles. The average Bonchev–Trinajstić information content (AvgIpc) is 3.18. The molecule has 1 aliphatic rings. The third kappa shape index (κ3) is 5.60. The Balaban J connectivity index is 1.64. The van der Waals surface area contributed by atoms with Gasteiger partial charge in [0.2, 0.25) is 11.8 Å². The Kier molecular flexibility index (Phi) is 7.30. The second kappa shape index (κ2) is 10.1. The average molecular weight is 412 g/mol. The molecule has 6 nitrogen and oxygen atoms in total. The van der Waals surface area contributed by atoms with Gasteiger partial charge in [-0.25, -0.2) is 0 Å². The van der Waals surface area contributed by atoms with Gasteiger partial charge in [0.1, 0.15) is 6.04 Å². The van der Waals surface area contributed by atoms with Gasteiger partial charge in [0, 0.05) is 29.9 Å². The summed E-state index contributed by atoms with van der Waals surface area (Å²) >= 11 is 1.62. The molecule has 3 amide bonds. The van der Waals surface area contributed by atoms with Crippen LogP contribution in [0.15, 0.2) is 54.6 Å². The maximum atomic E-state index is 12.8. The van der Waals surface area contributed by atoms with Crippen molar-refractivity contribution >= 4 is 40.9 Å². The number of thioether (sulfide) groups is 1. The molecule has 3 rings (SSSR count). The molecule has 152 valence electrons. The predicted octanol–water partition coefficient (Wildman–Crippen LogP) is 3.30. The van der Waals surface area contributed by atoms with Gasteiger partial charge in [-0.05, 0) is 61.2 Å². The van der Waals surface area contributed by atoms with E-state index in [9.17, 15) is 14.4 Å². The summed E-state index contributed by atoms with van der Waals surface area (Å²) in [5.74, 6) is 0.356. The van der Waals surface area contributed by atoms with Crippen LogP contribution in [0.1, 0.15) is 29.6 Å². The minimum atomic E-state index is -0.630. The van der Waals surface area contributed by atoms with Gasteiger partial charge in [-0.3, -0.25) is 14.4 Å². The molecule has 1 saturated heterocycles. The highest BCUT2D eigenvalue weighted by molar-refractivity contribution is 7.98. The first-order chi connectivity index (χ1) is 14.1. The van der Waals surface area contributed by atoms with E-state index in [0.29, 0.717) is 24.1 Å². The Morgan fingerprint density at radius 2 is 1.83 bits per heavy atom. The molecular formula is C22H25N3O3S. The van der Waals surface area contributed by atoms with Crippen LogP contribution in [0.5, 0.6) is 0 Å². The zero-order valence-corrected chi connectivity index (χ0v) is 17.2. The summed E-state index contributed by atoms with van der Waals surface area (Å²) in [5, 5.41) is 5.70. The molecule has 2 N–H and O–H groups in total. The Labute approximate surface area is 175 Å². The molecule has 29 heavy (non-hydrogen) atoms. The lowest BCUT2D eigenvalue weighted by Gasteiger charge is -2.19. The van der Waals surface area contributed by atoms with Crippen LogP contribution in [0.25, 0.3) is 0 Å². The van der Waals surface area contributed by atoms with E-state index in [4.69, 9.17) is 0 Å². The van der Waals surface area contributed by atoms with E-state index in [-0.39, 0.29) is 17.7 Å². The van der Waals surface area contributed by atoms with Crippen LogP contribution in [0.3, 0.4) is 0 Å². The molecule has 0 radical (unpaired) electrons. The highest BCUT2D eigenvalue weighted by atomic mass is 32.2. The zero-order chi connectivity index (χ0) is 20.6. The summed E-state index contributed by atoms with van der Waals surface area (Å²) in [6.07, 6.45) is 3.95. The molecule has 0 aromatic heterocycles. The van der Waals surface area contributed by atoms with Crippen LogP contribution in [0.4, 0.5) is 11.4 Å². The third-order valence-corrected chi connectivity index (χ3v) is 5.43. The van der Waals surface area contributed by atoms with Crippen LogP contribution in [-0.2, 0) is 9.59 Å². The lowest BCUT2D eigenvalue weighted by molar-refractivity contribution is -0.118. The number of hydrogen-bond donors (Lipinski definition) is 2. The van der Waals surface area contributed by atoms with Crippen LogP contribution >= 0.6 is 11.8 Å². The summed E-state index contributed by atoms with van der Waals surface area (Å²) in [5.41, 5.74) is 1.99. The van der Waals surface area contributed by atoms with Crippen molar-refractivity contribution in [1.82, 2.24) is 5.32 Å². The topological polar surface area (TPSA) is 78.5 Å². The second-order valence-corrected chi connectivity index (χ2v) is 7.84. The number of benzene rings is 2. The summed E-state index contributed by atoms with van der Waals surface area (Å²) in [6.45, 7) is 0.729. The lowest BCUT2D eigenvalue weighted by atomic mass is 10.1. The molecule has 0 spiro atoms. The maximum absolute atomic E-state index is 12.8. The van der Waals surface area contributed by atoms with Gasteiger partial charge in [-0.15, -0.1) is 0 Å². The number of rotatable bonds is 8. The fourth-order valence-electron chi connectivity index (χ4n) is 3.21. The lowest BCUT2D eigenvalue weighted by Crippen LogP contribution is -2.44. The highest BCUT2D eigenvalue weighted by Crippen LogP contribution is 2.23. The number of carbonyl (C=O) groups is 3. The zero-order valence-electron chi connectivity index (χ0n) is 16.4. The van der Waals surface area contributed by atoms with E-state index in [1.54, 1.807) is 53.1 Å². The van der Waals surface area contributed by atoms with E-state index in [0.717, 1.165) is 24.4 Å². The van der Waals surface area contributed by atoms with Gasteiger partial charge < -0.3 is 15.5 Å². The fraction of sp³-hybridized carbons (Fsp3) is 0.318. The number of amides is 3. The molecular weight excluding hydrogens is 386 g/mol. The van der Waals surface area contributed by atoms with E-state index >= 15 is 0 Å². The summed E-state index contributed by atoms with van der Waals surface area (Å²) in [7, 11) is 0. The van der Waals surface area contributed by atoms with Crippen molar-refractivity contribution in [2.24, 2.45) is 0 Å². The summed E-state index contributed by atoms with van der Waals surface area (Å²) in [6, 6.07) is 15.5. The predicted molar refractivity (Wildman–Crippen MR) is 117 cm³/mol. The molecule has 0 bridgehead atoms. The first-order valence-electron chi connectivity index (χ1n) is 9.64. The Morgan fingerprint density at radius 1 is 1.10 bits per heavy atom. The minimum Gasteiger partial charge on any atom is -0.340 e. The third-order valence-electron chi connectivity index (χ3n) is 4.79. The molecule has 2 aromatic carbocycles. The van der Waals surface area contributed by atoms with Crippen molar-refractivity contribution in [3.05, 3.63) is 60.2 Å². The Bertz CT molecular complexity index is 855. The highest BCUT2D eigenvalue weighted by Gasteiger charge is 2.23. The fourth-order valence-corrected chi connectivity index (χ4v) is 3.68. The van der Waals surface area contributed by atoms with Gasteiger partial charge in [0.05, 0.1) is 0 Å². The monoisotopic (exact) mass is 411 g/mol. The number of carbonyl (C=O) groups excluding carboxylic acids is 3. The molecule has 0 saturated carbocycles. The van der Waals surface area contributed by atoms with Crippen molar-refractivity contribution in [2.45, 2.75) is 25.3 Å². The minimum absolute atomic E-state index is 0.127. The van der Waals surface area contributed by atoms with Crippen molar-refractivity contribution in [3.63, 3.8) is 0 Å². The second-order valence-electron chi connectivity index (χ2n) is 6.86. The van der Waals surface area contributed by atoms with Crippen molar-refractivity contribution in [3.8, 4) is 0 Å². The number of anilines is 2. The SMILES string of the molecule is CSCC[C@H](NC(=O)c1ccccc1)C(=O)Nc1ccc(N2CCCC2=O)cc1. The largest absolute Gasteiger partial charge is 0.340 e. The number of nitrogens with zero attached hydrogens (tertiary/aromatic N) is 1. The summed E-state index contributed by atoms with van der Waals surface area (Å²) < 4.78 is 0. The molecule has 1 atom stereocenters. The standard InChI is InChI=1S/C22H25N3O3S/c1-29-15-13-19(24-21(27)16-6-3-2-4-7-16)22(28)23-17-9-11-18(12-10-17)25-14-5-8-20(25)26/h2-4,6-7,9-12,19H,5,8,13-15H2,1H3,(H,23,28)(H,24,27)/t19-/m0/s1. The van der Waals surface area contributed by atoms with Gasteiger partial charge in [0.15, 0.2) is 0 Å². The van der Waals surface area contributed by atoms with E-state index in [2.05, 4.69) is 10.6 Å². The molecule has 0 unspecified atom stereocenters. The first kappa shape index (κ1) is 20.9. The van der Waals surface area contributed by atoms with Crippen LogP contribution in [0.2, 0.25) is 0 Å². The normalized spacial score (nSPS) is 14.5. The molecule has 0 aliphatic carbocycles. The van der Waals surface area contributed by atoms with E-state index in [1.165, 1.54) is 0 Å². The van der Waals surface area contributed by atoms with Crippen LogP contribution in [-0.4, -0.2) is 42.3 Å². The Hall–Kier alpha value is -2.80. The first-order valence-corrected chi connectivity index (χ1v) is 11.0. The Morgan fingerprint density at radius 3 is 2.45 bits per heavy atom. The van der Waals surface area contributed by atoms with Crippen molar-refractivity contribution < 1.29 is 14.4 Å². The number of hydrogen-bond acceptors (Lipinski definition) is 4. The van der Waals surface area contributed by atoms with Crippen molar-refractivity contribution in [2.75, 3.05) is 28.8 Å². The van der Waals surface area contributed by atoms with Gasteiger partial charge >= 0.3 is 0 Å². The van der Waals surface area contributed by atoms with Crippen molar-refractivity contribution in [1.29, 1.82) is 0 Å². The van der Waals surface area contributed by atoms with E-state index < -0.39 is 6.04 Å². The molecule has 1 heterocycles. The van der Waals surface area contributed by atoms with Gasteiger partial charge in [-0.1, -0.05) is 18.2 Å². The maximum Gasteiger partial charge on any atom is 0.251 e. The van der Waals surface area contributed by atoms with Gasteiger partial charge in [0.25, 0.3) is 5.91 Å². The van der Waals surface area contributed by atoms with Crippen LogP contribution < -0.4 is 15.5 Å².